The smallest absolute Gasteiger partial charge is 0.341 e. The van der Waals surface area contributed by atoms with Gasteiger partial charge in [0.25, 0.3) is 8.32 Å². The monoisotopic (exact) mass is 762 g/mol. The largest absolute Gasteiger partial charge is 0.496 e. The van der Waals surface area contributed by atoms with Gasteiger partial charge in [-0.2, -0.15) is 0 Å². The summed E-state index contributed by atoms with van der Waals surface area (Å²) in [5.41, 5.74) is 2.88. The number of fused-ring (bicyclic) bond motifs is 1. The van der Waals surface area contributed by atoms with Crippen LogP contribution in [-0.4, -0.2) is 54.4 Å². The van der Waals surface area contributed by atoms with Gasteiger partial charge in [0, 0.05) is 23.1 Å². The fourth-order valence-corrected chi connectivity index (χ4v) is 12.3. The van der Waals surface area contributed by atoms with E-state index in [0.717, 1.165) is 5.56 Å². The van der Waals surface area contributed by atoms with Crippen LogP contribution in [0.3, 0.4) is 0 Å². The molecule has 5 rings (SSSR count). The highest BCUT2D eigenvalue weighted by Crippen LogP contribution is 2.52. The number of methoxy groups -OCH3 is 4. The second-order valence-corrected chi connectivity index (χ2v) is 19.1. The average Bonchev–Trinajstić information content (AvgIpc) is 3.19. The molecule has 0 amide bonds. The van der Waals surface area contributed by atoms with E-state index in [1.54, 1.807) is 13.2 Å². The number of hydrogen-bond donors (Lipinski definition) is 1. The molecular weight excluding hydrogens is 709 g/mol. The number of aliphatic hydroxyl groups is 1. The van der Waals surface area contributed by atoms with E-state index in [4.69, 9.17) is 28.1 Å². The molecule has 8 nitrogen and oxygen atoms in total. The summed E-state index contributed by atoms with van der Waals surface area (Å²) in [6, 6.07) is 32.4. The van der Waals surface area contributed by atoms with Gasteiger partial charge in [0.2, 0.25) is 0 Å². The molecule has 0 fully saturated rings. The predicted molar refractivity (Wildman–Crippen MR) is 222 cm³/mol. The van der Waals surface area contributed by atoms with Crippen LogP contribution in [0.15, 0.2) is 109 Å². The third kappa shape index (κ3) is 8.15. The molecule has 0 saturated heterocycles. The lowest BCUT2D eigenvalue weighted by molar-refractivity contribution is 0.0597. The van der Waals surface area contributed by atoms with Crippen molar-refractivity contribution in [3.8, 4) is 23.0 Å². The first kappa shape index (κ1) is 41.1. The van der Waals surface area contributed by atoms with Gasteiger partial charge in [-0.3, -0.25) is 0 Å². The van der Waals surface area contributed by atoms with Gasteiger partial charge in [-0.05, 0) is 52.4 Å². The van der Waals surface area contributed by atoms with Crippen molar-refractivity contribution in [3.05, 3.63) is 131 Å². The Balaban J connectivity index is 1.63. The lowest BCUT2D eigenvalue weighted by Gasteiger charge is -2.43. The molecule has 5 aromatic rings. The zero-order chi connectivity index (χ0) is 39.9. The standard InChI is InChI=1S/C46H54O8Si/c1-30(28-54-55(46(4,5)6,34-22-16-12-17-23-34)35-24-18-13-19-25-35)26-31(2)41(47)39-38-37(49-7)27-36(45(48)52-10)44(51-9)40(38)43(32(3)42(39)50-8)53-29-33-20-14-11-15-21-33/h11-27,30,41,47H,28-29H2,1-10H3/b31-26+/t30-,41?/m0/s1. The van der Waals surface area contributed by atoms with Crippen molar-refractivity contribution in [3.63, 3.8) is 0 Å². The Kier molecular flexibility index (Phi) is 13.1. The first-order chi connectivity index (χ1) is 26.3. The van der Waals surface area contributed by atoms with Crippen molar-refractivity contribution in [2.45, 2.75) is 59.3 Å². The van der Waals surface area contributed by atoms with Crippen molar-refractivity contribution in [1.82, 2.24) is 0 Å². The molecule has 0 spiro atoms. The molecule has 55 heavy (non-hydrogen) atoms. The Morgan fingerprint density at radius 1 is 0.782 bits per heavy atom. The minimum absolute atomic E-state index is 0.0782. The van der Waals surface area contributed by atoms with Crippen LogP contribution in [0.1, 0.15) is 67.8 Å². The molecule has 0 aliphatic heterocycles. The molecule has 0 heterocycles. The molecule has 9 heteroatoms. The number of hydrogen-bond acceptors (Lipinski definition) is 8. The molecule has 1 unspecified atom stereocenters. The molecule has 290 valence electrons. The topological polar surface area (TPSA) is 92.7 Å². The van der Waals surface area contributed by atoms with Gasteiger partial charge in [-0.25, -0.2) is 4.79 Å². The highest BCUT2D eigenvalue weighted by atomic mass is 28.4. The Bertz CT molecular complexity index is 2070. The van der Waals surface area contributed by atoms with E-state index in [2.05, 4.69) is 82.3 Å². The molecule has 2 atom stereocenters. The summed E-state index contributed by atoms with van der Waals surface area (Å²) in [7, 11) is 3.10. The Hall–Kier alpha value is -5.09. The van der Waals surface area contributed by atoms with Gasteiger partial charge in [0.05, 0.1) is 33.8 Å². The van der Waals surface area contributed by atoms with Crippen molar-refractivity contribution in [1.29, 1.82) is 0 Å². The van der Waals surface area contributed by atoms with E-state index < -0.39 is 20.4 Å². The highest BCUT2D eigenvalue weighted by molar-refractivity contribution is 6.99. The minimum Gasteiger partial charge on any atom is -0.496 e. The number of carbonyl (C=O) groups excluding carboxylic acids is 1. The van der Waals surface area contributed by atoms with Crippen LogP contribution in [0.4, 0.5) is 0 Å². The molecule has 1 N–H and O–H groups in total. The molecule has 0 aliphatic rings. The fourth-order valence-electron chi connectivity index (χ4n) is 7.63. The maximum absolute atomic E-state index is 13.1. The molecular formula is C46H54O8Si. The average molecular weight is 763 g/mol. The number of aliphatic hydroxyl groups excluding tert-OH is 1. The lowest BCUT2D eigenvalue weighted by atomic mass is 9.89. The van der Waals surface area contributed by atoms with E-state index in [1.165, 1.54) is 31.7 Å². The van der Waals surface area contributed by atoms with Gasteiger partial charge < -0.3 is 33.2 Å². The number of ether oxygens (including phenoxy) is 5. The van der Waals surface area contributed by atoms with Crippen molar-refractivity contribution >= 4 is 35.4 Å². The van der Waals surface area contributed by atoms with Gasteiger partial charge >= 0.3 is 5.97 Å². The van der Waals surface area contributed by atoms with Crippen LogP contribution >= 0.6 is 0 Å². The van der Waals surface area contributed by atoms with E-state index in [9.17, 15) is 9.90 Å². The third-order valence-corrected chi connectivity index (χ3v) is 15.2. The van der Waals surface area contributed by atoms with Gasteiger partial charge in [0.1, 0.15) is 41.3 Å². The lowest BCUT2D eigenvalue weighted by Crippen LogP contribution is -2.66. The Morgan fingerprint density at radius 2 is 1.33 bits per heavy atom. The molecule has 5 aromatic carbocycles. The summed E-state index contributed by atoms with van der Waals surface area (Å²) >= 11 is 0. The van der Waals surface area contributed by atoms with Crippen LogP contribution < -0.4 is 29.3 Å². The summed E-state index contributed by atoms with van der Waals surface area (Å²) in [6.07, 6.45) is 0.910. The van der Waals surface area contributed by atoms with Crippen LogP contribution in [0.2, 0.25) is 5.04 Å². The Morgan fingerprint density at radius 3 is 1.82 bits per heavy atom. The molecule has 0 aromatic heterocycles. The summed E-state index contributed by atoms with van der Waals surface area (Å²) in [5.74, 6) is 0.736. The van der Waals surface area contributed by atoms with E-state index in [-0.39, 0.29) is 28.9 Å². The zero-order valence-corrected chi connectivity index (χ0v) is 34.7. The molecule has 0 aliphatic carbocycles. The molecule has 0 saturated carbocycles. The second kappa shape index (κ2) is 17.6. The summed E-state index contributed by atoms with van der Waals surface area (Å²) in [5, 5.41) is 15.6. The first-order valence-corrected chi connectivity index (χ1v) is 20.4. The van der Waals surface area contributed by atoms with Crippen LogP contribution in [-0.2, 0) is 15.8 Å². The summed E-state index contributed by atoms with van der Waals surface area (Å²) in [6.45, 7) is 13.3. The summed E-state index contributed by atoms with van der Waals surface area (Å²) < 4.78 is 36.9. The van der Waals surface area contributed by atoms with E-state index in [1.807, 2.05) is 56.3 Å². The zero-order valence-electron chi connectivity index (χ0n) is 33.7. The van der Waals surface area contributed by atoms with Gasteiger partial charge in [0.15, 0.2) is 0 Å². The molecule has 0 bridgehead atoms. The normalized spacial score (nSPS) is 13.3. The first-order valence-electron chi connectivity index (χ1n) is 18.5. The maximum atomic E-state index is 13.1. The maximum Gasteiger partial charge on any atom is 0.341 e. The third-order valence-electron chi connectivity index (χ3n) is 10.2. The van der Waals surface area contributed by atoms with Crippen LogP contribution in [0.5, 0.6) is 23.0 Å². The van der Waals surface area contributed by atoms with E-state index in [0.29, 0.717) is 51.3 Å². The van der Waals surface area contributed by atoms with Crippen LogP contribution in [0.25, 0.3) is 10.8 Å². The van der Waals surface area contributed by atoms with Gasteiger partial charge in [-0.15, -0.1) is 0 Å². The SMILES string of the molecule is COC(=O)c1cc(OC)c2c(C(O)/C(C)=C/[C@H](C)CO[Si](c3ccccc3)(c3ccccc3)C(C)(C)C)c(OC)c(C)c(OCc3ccccc3)c2c1OC. The number of rotatable bonds is 15. The highest BCUT2D eigenvalue weighted by Gasteiger charge is 2.50. The fraction of sp³-hybridized carbons (Fsp3) is 0.326. The van der Waals surface area contributed by atoms with E-state index >= 15 is 0 Å². The quantitative estimate of drug-likeness (QED) is 0.0644. The van der Waals surface area contributed by atoms with Crippen molar-refractivity contribution in [2.24, 2.45) is 5.92 Å². The number of esters is 1. The number of carbonyl (C=O) groups is 1. The summed E-state index contributed by atoms with van der Waals surface area (Å²) in [4.78, 5) is 13.1. The minimum atomic E-state index is -2.79. The van der Waals surface area contributed by atoms with Crippen molar-refractivity contribution < 1.29 is 38.0 Å². The van der Waals surface area contributed by atoms with Gasteiger partial charge in [-0.1, -0.05) is 125 Å². The molecule has 0 radical (unpaired) electrons. The predicted octanol–water partition coefficient (Wildman–Crippen LogP) is 8.73. The van der Waals surface area contributed by atoms with Crippen molar-refractivity contribution in [2.75, 3.05) is 35.0 Å². The Labute approximate surface area is 326 Å². The second-order valence-electron chi connectivity index (χ2n) is 14.8. The number of benzene rings is 5. The van der Waals surface area contributed by atoms with Crippen LogP contribution in [0, 0.1) is 12.8 Å².